The molecule has 1 heterocycles. The first-order valence-corrected chi connectivity index (χ1v) is 6.63. The Balaban J connectivity index is 2.10. The van der Waals surface area contributed by atoms with Crippen molar-refractivity contribution in [3.05, 3.63) is 0 Å². The van der Waals surface area contributed by atoms with Crippen molar-refractivity contribution in [3.63, 3.8) is 0 Å². The molecule has 0 aromatic rings. The van der Waals surface area contributed by atoms with E-state index < -0.39 is 0 Å². The van der Waals surface area contributed by atoms with Gasteiger partial charge in [-0.25, -0.2) is 0 Å². The summed E-state index contributed by atoms with van der Waals surface area (Å²) in [6, 6.07) is 0. The van der Waals surface area contributed by atoms with Crippen molar-refractivity contribution in [1.29, 1.82) is 0 Å². The first-order valence-electron chi connectivity index (χ1n) is 6.63. The molecule has 17 heavy (non-hydrogen) atoms. The minimum absolute atomic E-state index is 0.256. The van der Waals surface area contributed by atoms with E-state index in [2.05, 4.69) is 19.2 Å². The summed E-state index contributed by atoms with van der Waals surface area (Å²) in [6.07, 6.45) is 1.40. The fourth-order valence-electron chi connectivity index (χ4n) is 2.01. The molecule has 0 spiro atoms. The fourth-order valence-corrected chi connectivity index (χ4v) is 2.01. The van der Waals surface area contributed by atoms with Crippen LogP contribution in [0.3, 0.4) is 0 Å². The lowest BCUT2D eigenvalue weighted by atomic mass is 10.0. The van der Waals surface area contributed by atoms with Crippen LogP contribution in [-0.2, 0) is 14.2 Å². The number of hydrogen-bond acceptors (Lipinski definition) is 4. The highest BCUT2D eigenvalue weighted by molar-refractivity contribution is 4.78. The average molecular weight is 245 g/mol. The maximum Gasteiger partial charge on any atom is 0.0849 e. The van der Waals surface area contributed by atoms with E-state index in [1.807, 2.05) is 0 Å². The fraction of sp³-hybridized carbons (Fsp3) is 1.00. The Labute approximate surface area is 105 Å². The highest BCUT2D eigenvalue weighted by Crippen LogP contribution is 2.20. The summed E-state index contributed by atoms with van der Waals surface area (Å²) >= 11 is 0. The van der Waals surface area contributed by atoms with Crippen molar-refractivity contribution in [2.24, 2.45) is 11.8 Å². The number of hydrogen-bond donors (Lipinski definition) is 1. The van der Waals surface area contributed by atoms with Gasteiger partial charge in [0.1, 0.15) is 0 Å². The molecule has 2 unspecified atom stereocenters. The van der Waals surface area contributed by atoms with Crippen LogP contribution in [0.5, 0.6) is 0 Å². The van der Waals surface area contributed by atoms with E-state index in [4.69, 9.17) is 14.2 Å². The van der Waals surface area contributed by atoms with Crippen molar-refractivity contribution >= 4 is 0 Å². The molecular weight excluding hydrogens is 218 g/mol. The van der Waals surface area contributed by atoms with Crippen molar-refractivity contribution < 1.29 is 14.2 Å². The van der Waals surface area contributed by atoms with Crippen molar-refractivity contribution in [3.8, 4) is 0 Å². The average Bonchev–Trinajstić information content (AvgIpc) is 2.72. The highest BCUT2D eigenvalue weighted by atomic mass is 16.5. The van der Waals surface area contributed by atoms with Crippen LogP contribution in [0.2, 0.25) is 0 Å². The van der Waals surface area contributed by atoms with Gasteiger partial charge in [0.05, 0.1) is 25.9 Å². The molecule has 1 N–H and O–H groups in total. The van der Waals surface area contributed by atoms with Crippen LogP contribution in [0.4, 0.5) is 0 Å². The molecule has 1 rings (SSSR count). The Morgan fingerprint density at radius 2 is 2.18 bits per heavy atom. The summed E-state index contributed by atoms with van der Waals surface area (Å²) in [4.78, 5) is 0. The molecule has 0 aromatic carbocycles. The predicted octanol–water partition coefficient (Wildman–Crippen LogP) is 1.30. The Morgan fingerprint density at radius 3 is 2.88 bits per heavy atom. The van der Waals surface area contributed by atoms with E-state index >= 15 is 0 Å². The third kappa shape index (κ3) is 6.36. The summed E-state index contributed by atoms with van der Waals surface area (Å²) in [5.74, 6) is 1.30. The predicted molar refractivity (Wildman–Crippen MR) is 68.2 cm³/mol. The summed E-state index contributed by atoms with van der Waals surface area (Å²) in [5, 5.41) is 3.50. The van der Waals surface area contributed by atoms with Gasteiger partial charge < -0.3 is 19.5 Å². The van der Waals surface area contributed by atoms with E-state index in [1.54, 1.807) is 7.11 Å². The number of ether oxygens (including phenoxy) is 3. The third-order valence-electron chi connectivity index (χ3n) is 3.02. The Kier molecular flexibility index (Phi) is 7.77. The molecule has 102 valence electrons. The van der Waals surface area contributed by atoms with Crippen molar-refractivity contribution in [2.45, 2.75) is 26.4 Å². The Morgan fingerprint density at radius 1 is 1.35 bits per heavy atom. The van der Waals surface area contributed by atoms with Crippen molar-refractivity contribution in [1.82, 2.24) is 5.32 Å². The van der Waals surface area contributed by atoms with Gasteiger partial charge in [0.15, 0.2) is 0 Å². The number of nitrogens with one attached hydrogen (secondary N) is 1. The minimum Gasteiger partial charge on any atom is -0.382 e. The smallest absolute Gasteiger partial charge is 0.0849 e. The molecule has 2 atom stereocenters. The topological polar surface area (TPSA) is 39.7 Å². The zero-order valence-corrected chi connectivity index (χ0v) is 11.4. The molecule has 1 saturated heterocycles. The molecule has 1 fully saturated rings. The zero-order valence-electron chi connectivity index (χ0n) is 11.4. The molecular formula is C13H27NO3. The molecule has 1 aliphatic heterocycles. The van der Waals surface area contributed by atoms with E-state index in [1.165, 1.54) is 0 Å². The molecule has 0 radical (unpaired) electrons. The Bertz CT molecular complexity index is 188. The first kappa shape index (κ1) is 14.9. The van der Waals surface area contributed by atoms with Gasteiger partial charge in [-0.3, -0.25) is 0 Å². The lowest BCUT2D eigenvalue weighted by Gasteiger charge is -2.19. The summed E-state index contributed by atoms with van der Waals surface area (Å²) < 4.78 is 16.2. The van der Waals surface area contributed by atoms with Crippen LogP contribution in [0.1, 0.15) is 20.3 Å². The standard InChI is InChI=1S/C13H27NO3/c1-11(2)8-14-9-12-4-5-17-13(12)10-16-7-6-15-3/h11-14H,4-10H2,1-3H3. The van der Waals surface area contributed by atoms with Gasteiger partial charge in [0, 0.05) is 26.2 Å². The van der Waals surface area contributed by atoms with Gasteiger partial charge in [0.25, 0.3) is 0 Å². The normalized spacial score (nSPS) is 24.7. The maximum atomic E-state index is 5.70. The number of rotatable bonds is 9. The van der Waals surface area contributed by atoms with Crippen LogP contribution in [0.15, 0.2) is 0 Å². The second kappa shape index (κ2) is 8.86. The van der Waals surface area contributed by atoms with Gasteiger partial charge in [-0.05, 0) is 18.9 Å². The summed E-state index contributed by atoms with van der Waals surface area (Å²) in [6.45, 7) is 9.44. The zero-order chi connectivity index (χ0) is 12.5. The molecule has 0 aromatic heterocycles. The minimum atomic E-state index is 0.256. The van der Waals surface area contributed by atoms with Crippen LogP contribution in [-0.4, -0.2) is 52.7 Å². The second-order valence-electron chi connectivity index (χ2n) is 5.08. The second-order valence-corrected chi connectivity index (χ2v) is 5.08. The van der Waals surface area contributed by atoms with Crippen LogP contribution < -0.4 is 5.32 Å². The quantitative estimate of drug-likeness (QED) is 0.622. The molecule has 0 amide bonds. The first-order chi connectivity index (χ1) is 8.24. The summed E-state index contributed by atoms with van der Waals surface area (Å²) in [5.41, 5.74) is 0. The largest absolute Gasteiger partial charge is 0.382 e. The van der Waals surface area contributed by atoms with Gasteiger partial charge in [-0.1, -0.05) is 13.8 Å². The van der Waals surface area contributed by atoms with Crippen molar-refractivity contribution in [2.75, 3.05) is 46.6 Å². The van der Waals surface area contributed by atoms with Crippen LogP contribution >= 0.6 is 0 Å². The van der Waals surface area contributed by atoms with Gasteiger partial charge in [-0.15, -0.1) is 0 Å². The van der Waals surface area contributed by atoms with Gasteiger partial charge in [-0.2, -0.15) is 0 Å². The molecule has 0 bridgehead atoms. The Hall–Kier alpha value is -0.160. The van der Waals surface area contributed by atoms with E-state index in [-0.39, 0.29) is 6.10 Å². The highest BCUT2D eigenvalue weighted by Gasteiger charge is 2.27. The summed E-state index contributed by atoms with van der Waals surface area (Å²) in [7, 11) is 1.69. The van der Waals surface area contributed by atoms with Gasteiger partial charge >= 0.3 is 0 Å². The van der Waals surface area contributed by atoms with Crippen LogP contribution in [0.25, 0.3) is 0 Å². The van der Waals surface area contributed by atoms with E-state index in [9.17, 15) is 0 Å². The molecule has 4 nitrogen and oxygen atoms in total. The van der Waals surface area contributed by atoms with E-state index in [0.717, 1.165) is 26.1 Å². The molecule has 0 saturated carbocycles. The SMILES string of the molecule is COCCOCC1OCCC1CNCC(C)C. The number of methoxy groups -OCH3 is 1. The monoisotopic (exact) mass is 245 g/mol. The molecule has 1 aliphatic rings. The molecule has 4 heteroatoms. The maximum absolute atomic E-state index is 5.70. The lowest BCUT2D eigenvalue weighted by molar-refractivity contribution is -0.0124. The van der Waals surface area contributed by atoms with Crippen LogP contribution in [0, 0.1) is 11.8 Å². The molecule has 0 aliphatic carbocycles. The van der Waals surface area contributed by atoms with Gasteiger partial charge in [0.2, 0.25) is 0 Å². The van der Waals surface area contributed by atoms with E-state index in [0.29, 0.717) is 31.7 Å². The lowest BCUT2D eigenvalue weighted by Crippen LogP contribution is -2.33. The third-order valence-corrected chi connectivity index (χ3v) is 3.02.